The zero-order chi connectivity index (χ0) is 22.7. The van der Waals surface area contributed by atoms with Gasteiger partial charge >= 0.3 is 12.0 Å². The van der Waals surface area contributed by atoms with Crippen LogP contribution in [-0.2, 0) is 14.4 Å². The number of hydrogen-bond acceptors (Lipinski definition) is 5. The van der Waals surface area contributed by atoms with E-state index in [0.29, 0.717) is 9.75 Å². The first-order valence-electron chi connectivity index (χ1n) is 8.98. The summed E-state index contributed by atoms with van der Waals surface area (Å²) in [5.41, 5.74) is 0.00278. The third-order valence-corrected chi connectivity index (χ3v) is 5.70. The number of rotatable bonds is 6. The fraction of sp³-hybridized carbons (Fsp3) is 0.200. The summed E-state index contributed by atoms with van der Waals surface area (Å²) in [5, 5.41) is 13.9. The summed E-state index contributed by atoms with van der Waals surface area (Å²) < 4.78 is 27.5. The Labute approximate surface area is 179 Å². The highest BCUT2D eigenvalue weighted by Gasteiger charge is 2.32. The third-order valence-electron chi connectivity index (χ3n) is 4.47. The van der Waals surface area contributed by atoms with Crippen molar-refractivity contribution < 1.29 is 33.1 Å². The number of carboxylic acid groups (broad SMARTS) is 1. The second kappa shape index (κ2) is 9.04. The lowest BCUT2D eigenvalue weighted by atomic mass is 10.1. The van der Waals surface area contributed by atoms with Crippen LogP contribution in [0.2, 0.25) is 0 Å². The van der Waals surface area contributed by atoms with Crippen LogP contribution in [-0.4, -0.2) is 46.8 Å². The smallest absolute Gasteiger partial charge is 0.316 e. The topological polar surface area (TPSA) is 116 Å². The maximum absolute atomic E-state index is 14.0. The first kappa shape index (κ1) is 22.1. The summed E-state index contributed by atoms with van der Waals surface area (Å²) in [5.74, 6) is -3.76. The number of nitrogens with zero attached hydrogens (tertiary/aromatic N) is 1. The molecule has 0 radical (unpaired) electrons. The number of aliphatic carboxylic acids is 1. The van der Waals surface area contributed by atoms with Crippen molar-refractivity contribution in [2.45, 2.75) is 18.5 Å². The summed E-state index contributed by atoms with van der Waals surface area (Å²) in [6.45, 7) is 0. The highest BCUT2D eigenvalue weighted by Crippen LogP contribution is 2.34. The molecule has 0 bridgehead atoms. The molecule has 8 nitrogen and oxygen atoms in total. The van der Waals surface area contributed by atoms with Crippen molar-refractivity contribution in [2.24, 2.45) is 0 Å². The minimum Gasteiger partial charge on any atom is -0.481 e. The lowest BCUT2D eigenvalue weighted by molar-refractivity contribution is -0.138. The van der Waals surface area contributed by atoms with Gasteiger partial charge in [0, 0.05) is 34.6 Å². The van der Waals surface area contributed by atoms with E-state index < -0.39 is 53.8 Å². The van der Waals surface area contributed by atoms with Crippen molar-refractivity contribution in [2.75, 3.05) is 7.05 Å². The van der Waals surface area contributed by atoms with Gasteiger partial charge in [-0.05, 0) is 30.3 Å². The van der Waals surface area contributed by atoms with Gasteiger partial charge in [0.25, 0.3) is 5.91 Å². The number of halogens is 2. The van der Waals surface area contributed by atoms with E-state index in [1.807, 2.05) is 0 Å². The van der Waals surface area contributed by atoms with E-state index in [2.05, 4.69) is 10.6 Å². The maximum Gasteiger partial charge on any atom is 0.316 e. The Bertz CT molecular complexity index is 1080. The van der Waals surface area contributed by atoms with E-state index in [9.17, 15) is 33.1 Å². The van der Waals surface area contributed by atoms with Gasteiger partial charge in [-0.2, -0.15) is 0 Å². The Hall–Kier alpha value is -3.60. The number of benzene rings is 1. The van der Waals surface area contributed by atoms with Crippen molar-refractivity contribution in [3.8, 4) is 10.4 Å². The van der Waals surface area contributed by atoms with E-state index in [1.54, 1.807) is 0 Å². The molecule has 0 fully saturated rings. The molecule has 162 valence electrons. The monoisotopic (exact) mass is 449 g/mol. The standard InChI is InChI=1S/C20H17F2N3O5S/c1-25-7-6-14(26)18(19(25)29)24-20(30)23-13(9-17(27)28)16-5-4-15(31-16)11-8-10(21)2-3-12(11)22/h2-8,13,18H,9H2,1H3,(H,27,28)(H2,23,24,30). The van der Waals surface area contributed by atoms with Crippen LogP contribution in [0.1, 0.15) is 17.3 Å². The van der Waals surface area contributed by atoms with Crippen molar-refractivity contribution in [1.82, 2.24) is 15.5 Å². The quantitative estimate of drug-likeness (QED) is 0.586. The van der Waals surface area contributed by atoms with Crippen LogP contribution in [0.3, 0.4) is 0 Å². The molecule has 1 aliphatic heterocycles. The second-order valence-corrected chi connectivity index (χ2v) is 7.81. The van der Waals surface area contributed by atoms with E-state index in [1.165, 1.54) is 25.4 Å². The van der Waals surface area contributed by atoms with Crippen LogP contribution >= 0.6 is 11.3 Å². The lowest BCUT2D eigenvalue weighted by Gasteiger charge is -2.25. The molecule has 0 aliphatic carbocycles. The average molecular weight is 449 g/mol. The van der Waals surface area contributed by atoms with Gasteiger partial charge in [0.2, 0.25) is 0 Å². The van der Waals surface area contributed by atoms with Gasteiger partial charge in [0.1, 0.15) is 11.6 Å². The minimum atomic E-state index is -1.43. The van der Waals surface area contributed by atoms with Gasteiger partial charge in [-0.1, -0.05) is 0 Å². The Morgan fingerprint density at radius 2 is 1.97 bits per heavy atom. The van der Waals surface area contributed by atoms with Crippen LogP contribution in [0.25, 0.3) is 10.4 Å². The Balaban J connectivity index is 1.79. The number of carbonyl (C=O) groups excluding carboxylic acids is 3. The summed E-state index contributed by atoms with van der Waals surface area (Å²) in [6, 6.07) is 2.57. The number of likely N-dealkylation sites (N-methyl/N-ethyl adjacent to an activating group) is 1. The molecule has 2 aromatic rings. The maximum atomic E-state index is 14.0. The summed E-state index contributed by atoms with van der Waals surface area (Å²) in [4.78, 5) is 49.5. The van der Waals surface area contributed by atoms with Gasteiger partial charge in [-0.25, -0.2) is 13.6 Å². The van der Waals surface area contributed by atoms with Crippen molar-refractivity contribution in [3.63, 3.8) is 0 Å². The van der Waals surface area contributed by atoms with Gasteiger partial charge in [-0.3, -0.25) is 14.4 Å². The largest absolute Gasteiger partial charge is 0.481 e. The van der Waals surface area contributed by atoms with Crippen LogP contribution < -0.4 is 10.6 Å². The van der Waals surface area contributed by atoms with Crippen LogP contribution in [0.4, 0.5) is 13.6 Å². The number of carbonyl (C=O) groups is 4. The Morgan fingerprint density at radius 1 is 1.23 bits per heavy atom. The van der Waals surface area contributed by atoms with Gasteiger partial charge in [-0.15, -0.1) is 11.3 Å². The summed E-state index contributed by atoms with van der Waals surface area (Å²) in [7, 11) is 1.42. The highest BCUT2D eigenvalue weighted by atomic mass is 32.1. The predicted octanol–water partition coefficient (Wildman–Crippen LogP) is 2.43. The highest BCUT2D eigenvalue weighted by molar-refractivity contribution is 7.15. The predicted molar refractivity (Wildman–Crippen MR) is 107 cm³/mol. The van der Waals surface area contributed by atoms with E-state index in [-0.39, 0.29) is 5.56 Å². The van der Waals surface area contributed by atoms with E-state index in [0.717, 1.165) is 40.5 Å². The first-order chi connectivity index (χ1) is 14.7. The van der Waals surface area contributed by atoms with Gasteiger partial charge in [0.05, 0.1) is 12.5 Å². The van der Waals surface area contributed by atoms with Crippen molar-refractivity contribution >= 4 is 35.0 Å². The molecule has 2 atom stereocenters. The molecule has 11 heteroatoms. The lowest BCUT2D eigenvalue weighted by Crippen LogP contribution is -2.55. The van der Waals surface area contributed by atoms with Crippen LogP contribution in [0.15, 0.2) is 42.6 Å². The molecule has 3 rings (SSSR count). The number of carboxylic acids is 1. The molecule has 1 aliphatic rings. The van der Waals surface area contributed by atoms with Crippen LogP contribution in [0.5, 0.6) is 0 Å². The molecule has 31 heavy (non-hydrogen) atoms. The number of hydrogen-bond donors (Lipinski definition) is 3. The first-order valence-corrected chi connectivity index (χ1v) is 9.80. The van der Waals surface area contributed by atoms with Crippen LogP contribution in [0, 0.1) is 11.6 Å². The van der Waals surface area contributed by atoms with E-state index >= 15 is 0 Å². The normalized spacial score (nSPS) is 16.9. The number of nitrogens with one attached hydrogen (secondary N) is 2. The fourth-order valence-corrected chi connectivity index (χ4v) is 3.99. The molecule has 2 heterocycles. The fourth-order valence-electron chi connectivity index (χ4n) is 2.91. The zero-order valence-electron chi connectivity index (χ0n) is 16.1. The summed E-state index contributed by atoms with van der Waals surface area (Å²) in [6.07, 6.45) is 1.90. The number of urea groups is 1. The molecule has 0 spiro atoms. The molecule has 3 N–H and O–H groups in total. The van der Waals surface area contributed by atoms with Crippen molar-refractivity contribution in [3.05, 3.63) is 59.1 Å². The number of ketones is 1. The van der Waals surface area contributed by atoms with Crippen molar-refractivity contribution in [1.29, 1.82) is 0 Å². The molecule has 0 saturated heterocycles. The summed E-state index contributed by atoms with van der Waals surface area (Å²) >= 11 is 0.983. The zero-order valence-corrected chi connectivity index (χ0v) is 16.9. The van der Waals surface area contributed by atoms with Gasteiger partial charge in [0.15, 0.2) is 11.8 Å². The SMILES string of the molecule is CN1C=CC(=O)C(NC(=O)NC(CC(=O)O)c2ccc(-c3cc(F)ccc3F)s2)C1=O. The molecule has 1 aromatic heterocycles. The molecular weight excluding hydrogens is 432 g/mol. The third kappa shape index (κ3) is 5.12. The van der Waals surface area contributed by atoms with E-state index in [4.69, 9.17) is 0 Å². The molecule has 1 aromatic carbocycles. The second-order valence-electron chi connectivity index (χ2n) is 6.69. The minimum absolute atomic E-state index is 0.00278. The number of thiophene rings is 1. The molecule has 0 saturated carbocycles. The Morgan fingerprint density at radius 3 is 2.68 bits per heavy atom. The van der Waals surface area contributed by atoms with Gasteiger partial charge < -0.3 is 20.6 Å². The Kier molecular flexibility index (Phi) is 6.44. The molecular formula is C20H17F2N3O5S. The number of amides is 3. The molecule has 3 amide bonds. The molecule has 2 unspecified atom stereocenters. The average Bonchev–Trinajstić information content (AvgIpc) is 3.19.